The lowest BCUT2D eigenvalue weighted by Gasteiger charge is -2.25. The van der Waals surface area contributed by atoms with Gasteiger partial charge in [-0.3, -0.25) is 4.79 Å². The van der Waals surface area contributed by atoms with E-state index in [1.807, 2.05) is 7.05 Å². The van der Waals surface area contributed by atoms with Gasteiger partial charge in [0.1, 0.15) is 13.2 Å². The average Bonchev–Trinajstić information content (AvgIpc) is 2.76. The zero-order valence-corrected chi connectivity index (χ0v) is 19.7. The first-order valence-corrected chi connectivity index (χ1v) is 11.8. The molecule has 30 heavy (non-hydrogen) atoms. The Morgan fingerprint density at radius 3 is 1.93 bits per heavy atom. The first-order chi connectivity index (χ1) is 14.4. The Hall–Kier alpha value is -1.34. The third-order valence-electron chi connectivity index (χ3n) is 4.15. The van der Waals surface area contributed by atoms with Crippen LogP contribution in [0, 0.1) is 0 Å². The standard InChI is InChI=1S/C19H37NO9Si/c1-6-18(21)28-15-13-26-11-12-27-14-16-29-19(22)8-10-20(2)9-7-17-30(23-3,24-4)25-5/h6H,1,7-17H2,2-5H3. The molecule has 0 aromatic heterocycles. The zero-order chi connectivity index (χ0) is 22.7. The maximum absolute atomic E-state index is 11.8. The number of hydrogen-bond donors (Lipinski definition) is 0. The van der Waals surface area contributed by atoms with Crippen molar-refractivity contribution in [2.75, 3.05) is 81.1 Å². The van der Waals surface area contributed by atoms with Gasteiger partial charge in [0.2, 0.25) is 0 Å². The summed E-state index contributed by atoms with van der Waals surface area (Å²) in [5.41, 5.74) is 0. The van der Waals surface area contributed by atoms with Crippen molar-refractivity contribution in [3.8, 4) is 0 Å². The molecular formula is C19H37NO9Si. The molecule has 176 valence electrons. The van der Waals surface area contributed by atoms with Crippen LogP contribution in [0.4, 0.5) is 0 Å². The van der Waals surface area contributed by atoms with E-state index in [4.69, 9.17) is 32.2 Å². The Kier molecular flexibility index (Phi) is 17.6. The maximum Gasteiger partial charge on any atom is 0.500 e. The SMILES string of the molecule is C=CC(=O)OCCOCCOCCOC(=O)CCN(C)CCC[Si](OC)(OC)OC. The zero-order valence-electron chi connectivity index (χ0n) is 18.7. The lowest BCUT2D eigenvalue weighted by atomic mass is 10.3. The van der Waals surface area contributed by atoms with Crippen molar-refractivity contribution in [2.45, 2.75) is 18.9 Å². The molecule has 0 rings (SSSR count). The van der Waals surface area contributed by atoms with Crippen LogP contribution in [0.2, 0.25) is 6.04 Å². The lowest BCUT2D eigenvalue weighted by Crippen LogP contribution is -2.43. The summed E-state index contributed by atoms with van der Waals surface area (Å²) in [6.45, 7) is 6.38. The summed E-state index contributed by atoms with van der Waals surface area (Å²) in [5.74, 6) is -0.741. The van der Waals surface area contributed by atoms with Crippen LogP contribution in [0.25, 0.3) is 0 Å². The Morgan fingerprint density at radius 1 is 0.867 bits per heavy atom. The van der Waals surface area contributed by atoms with E-state index >= 15 is 0 Å². The van der Waals surface area contributed by atoms with Gasteiger partial charge in [-0.25, -0.2) is 4.79 Å². The Labute approximate surface area is 180 Å². The molecule has 0 heterocycles. The van der Waals surface area contributed by atoms with E-state index in [0.29, 0.717) is 38.8 Å². The largest absolute Gasteiger partial charge is 0.500 e. The van der Waals surface area contributed by atoms with Crippen LogP contribution in [0.15, 0.2) is 12.7 Å². The third kappa shape index (κ3) is 14.6. The molecule has 0 saturated heterocycles. The second-order valence-corrected chi connectivity index (χ2v) is 9.36. The quantitative estimate of drug-likeness (QED) is 0.115. The Bertz CT molecular complexity index is 467. The molecule has 0 atom stereocenters. The van der Waals surface area contributed by atoms with Crippen molar-refractivity contribution in [1.82, 2.24) is 4.90 Å². The Balaban J connectivity index is 3.58. The van der Waals surface area contributed by atoms with E-state index in [1.54, 1.807) is 21.3 Å². The van der Waals surface area contributed by atoms with Crippen LogP contribution in [0.3, 0.4) is 0 Å². The highest BCUT2D eigenvalue weighted by molar-refractivity contribution is 6.60. The van der Waals surface area contributed by atoms with Crippen LogP contribution in [-0.4, -0.2) is 107 Å². The Morgan fingerprint density at radius 2 is 1.40 bits per heavy atom. The molecule has 0 radical (unpaired) electrons. The van der Waals surface area contributed by atoms with Gasteiger partial charge >= 0.3 is 20.7 Å². The summed E-state index contributed by atoms with van der Waals surface area (Å²) in [4.78, 5) is 24.6. The number of esters is 2. The van der Waals surface area contributed by atoms with Crippen molar-refractivity contribution in [3.63, 3.8) is 0 Å². The van der Waals surface area contributed by atoms with Crippen molar-refractivity contribution >= 4 is 20.7 Å². The molecule has 0 amide bonds. The third-order valence-corrected chi connectivity index (χ3v) is 6.99. The summed E-state index contributed by atoms with van der Waals surface area (Å²) in [7, 11) is 4.20. The first-order valence-electron chi connectivity index (χ1n) is 9.87. The molecule has 0 aliphatic rings. The fourth-order valence-electron chi connectivity index (χ4n) is 2.38. The molecule has 0 saturated carbocycles. The maximum atomic E-state index is 11.8. The van der Waals surface area contributed by atoms with Gasteiger partial charge in [0, 0.05) is 40.0 Å². The molecule has 0 aliphatic carbocycles. The fourth-order valence-corrected chi connectivity index (χ4v) is 4.09. The molecule has 10 nitrogen and oxygen atoms in total. The summed E-state index contributed by atoms with van der Waals surface area (Å²) in [6, 6.07) is 0.715. The molecule has 0 spiro atoms. The van der Waals surface area contributed by atoms with E-state index < -0.39 is 14.8 Å². The van der Waals surface area contributed by atoms with E-state index in [-0.39, 0.29) is 25.8 Å². The minimum atomic E-state index is -2.54. The van der Waals surface area contributed by atoms with Crippen LogP contribution >= 0.6 is 0 Å². The van der Waals surface area contributed by atoms with Gasteiger partial charge in [0.05, 0.1) is 32.8 Å². The number of carbonyl (C=O) groups is 2. The molecular weight excluding hydrogens is 414 g/mol. The van der Waals surface area contributed by atoms with E-state index in [9.17, 15) is 9.59 Å². The minimum absolute atomic E-state index is 0.171. The second-order valence-electron chi connectivity index (χ2n) is 6.27. The highest BCUT2D eigenvalue weighted by atomic mass is 28.4. The van der Waals surface area contributed by atoms with E-state index in [2.05, 4.69) is 11.5 Å². The molecule has 11 heteroatoms. The summed E-state index contributed by atoms with van der Waals surface area (Å²) < 4.78 is 36.6. The number of hydrogen-bond acceptors (Lipinski definition) is 10. The fraction of sp³-hybridized carbons (Fsp3) is 0.789. The lowest BCUT2D eigenvalue weighted by molar-refractivity contribution is -0.146. The first kappa shape index (κ1) is 28.7. The topological polar surface area (TPSA) is 102 Å². The normalized spacial score (nSPS) is 11.5. The highest BCUT2D eigenvalue weighted by Crippen LogP contribution is 2.15. The van der Waals surface area contributed by atoms with Crippen molar-refractivity contribution in [2.24, 2.45) is 0 Å². The smallest absolute Gasteiger partial charge is 0.463 e. The highest BCUT2D eigenvalue weighted by Gasteiger charge is 2.36. The molecule has 0 aromatic carbocycles. The minimum Gasteiger partial charge on any atom is -0.463 e. The molecule has 0 aromatic rings. The summed E-state index contributed by atoms with van der Waals surface area (Å²) in [5, 5.41) is 0. The number of rotatable bonds is 20. The van der Waals surface area contributed by atoms with Crippen molar-refractivity contribution in [1.29, 1.82) is 0 Å². The van der Waals surface area contributed by atoms with Crippen LogP contribution in [0.5, 0.6) is 0 Å². The number of ether oxygens (including phenoxy) is 4. The monoisotopic (exact) mass is 451 g/mol. The molecule has 0 N–H and O–H groups in total. The van der Waals surface area contributed by atoms with Gasteiger partial charge in [0.25, 0.3) is 0 Å². The molecule has 0 unspecified atom stereocenters. The summed E-state index contributed by atoms with van der Waals surface area (Å²) in [6.07, 6.45) is 2.25. The van der Waals surface area contributed by atoms with Gasteiger partial charge in [-0.1, -0.05) is 6.58 Å². The van der Waals surface area contributed by atoms with Crippen molar-refractivity contribution in [3.05, 3.63) is 12.7 Å². The number of carbonyl (C=O) groups excluding carboxylic acids is 2. The van der Waals surface area contributed by atoms with Gasteiger partial charge in [-0.15, -0.1) is 0 Å². The molecule has 0 aliphatic heterocycles. The number of nitrogens with zero attached hydrogens (tertiary/aromatic N) is 1. The molecule has 0 bridgehead atoms. The van der Waals surface area contributed by atoms with Crippen LogP contribution < -0.4 is 0 Å². The molecule has 0 fully saturated rings. The van der Waals surface area contributed by atoms with E-state index in [0.717, 1.165) is 19.0 Å². The second kappa shape index (κ2) is 18.4. The van der Waals surface area contributed by atoms with Gasteiger partial charge in [-0.2, -0.15) is 0 Å². The van der Waals surface area contributed by atoms with Crippen molar-refractivity contribution < 1.29 is 41.8 Å². The predicted octanol–water partition coefficient (Wildman–Crippen LogP) is 0.882. The van der Waals surface area contributed by atoms with E-state index in [1.165, 1.54) is 0 Å². The van der Waals surface area contributed by atoms with Crippen LogP contribution in [-0.2, 0) is 41.8 Å². The van der Waals surface area contributed by atoms with Gasteiger partial charge in [-0.05, 0) is 20.0 Å². The average molecular weight is 452 g/mol. The summed E-state index contributed by atoms with van der Waals surface area (Å²) >= 11 is 0. The predicted molar refractivity (Wildman–Crippen MR) is 112 cm³/mol. The van der Waals surface area contributed by atoms with Gasteiger partial charge in [0.15, 0.2) is 0 Å². The van der Waals surface area contributed by atoms with Crippen LogP contribution in [0.1, 0.15) is 12.8 Å². The van der Waals surface area contributed by atoms with Gasteiger partial charge < -0.3 is 37.1 Å².